The van der Waals surface area contributed by atoms with Gasteiger partial charge in [0.15, 0.2) is 0 Å². The van der Waals surface area contributed by atoms with Crippen molar-refractivity contribution in [2.24, 2.45) is 5.73 Å². The lowest BCUT2D eigenvalue weighted by atomic mass is 10.4. The van der Waals surface area contributed by atoms with E-state index in [1.165, 1.54) is 15.9 Å². The van der Waals surface area contributed by atoms with Crippen LogP contribution in [0.15, 0.2) is 91.0 Å². The average Bonchev–Trinajstić information content (AvgIpc) is 2.93. The summed E-state index contributed by atoms with van der Waals surface area (Å²) in [6.45, 7) is 2.97. The molecule has 3 rings (SSSR count). The lowest BCUT2D eigenvalue weighted by Crippen LogP contribution is -2.34. The fraction of sp³-hybridized carbons (Fsp3) is 0.321. The number of rotatable bonds is 16. The van der Waals surface area contributed by atoms with Crippen molar-refractivity contribution in [3.05, 3.63) is 91.0 Å². The third-order valence-electron chi connectivity index (χ3n) is 5.56. The van der Waals surface area contributed by atoms with Gasteiger partial charge in [0, 0.05) is 0 Å². The zero-order valence-corrected chi connectivity index (χ0v) is 21.0. The van der Waals surface area contributed by atoms with Crippen LogP contribution >= 0.6 is 7.26 Å². The van der Waals surface area contributed by atoms with Gasteiger partial charge in [0.05, 0.1) is 52.3 Å². The topological polar surface area (TPSA) is 80.0 Å². The minimum Gasteiger partial charge on any atom is -0.462 e. The Morgan fingerprint density at radius 1 is 0.571 bits per heavy atom. The predicted octanol–water partition coefficient (Wildman–Crippen LogP) is 2.53. The minimum atomic E-state index is -1.87. The van der Waals surface area contributed by atoms with Crippen LogP contribution in [0.3, 0.4) is 0 Å². The molecule has 0 aliphatic carbocycles. The maximum atomic E-state index is 10.9. The van der Waals surface area contributed by atoms with E-state index in [1.807, 2.05) is 0 Å². The number of benzene rings is 3. The summed E-state index contributed by atoms with van der Waals surface area (Å²) in [5.41, 5.74) is 5.17. The Morgan fingerprint density at radius 3 is 1.34 bits per heavy atom. The molecule has 0 saturated heterocycles. The van der Waals surface area contributed by atoms with Crippen molar-refractivity contribution in [1.29, 1.82) is 0 Å². The van der Waals surface area contributed by atoms with Crippen molar-refractivity contribution in [2.75, 3.05) is 59.0 Å². The van der Waals surface area contributed by atoms with Gasteiger partial charge in [-0.3, -0.25) is 4.79 Å². The monoisotopic (exact) mass is 496 g/mol. The second-order valence-electron chi connectivity index (χ2n) is 7.80. The fourth-order valence-electron chi connectivity index (χ4n) is 3.90. The second kappa shape index (κ2) is 15.4. The van der Waals surface area contributed by atoms with E-state index in [1.54, 1.807) is 0 Å². The van der Waals surface area contributed by atoms with Crippen molar-refractivity contribution >= 4 is 29.1 Å². The zero-order valence-electron chi connectivity index (χ0n) is 20.1. The number of carbonyl (C=O) groups is 1. The van der Waals surface area contributed by atoms with Gasteiger partial charge >= 0.3 is 5.97 Å². The third kappa shape index (κ3) is 8.24. The van der Waals surface area contributed by atoms with Gasteiger partial charge in [-0.1, -0.05) is 54.6 Å². The number of nitrogens with two attached hydrogens (primary N) is 1. The van der Waals surface area contributed by atoms with Crippen LogP contribution in [0.5, 0.6) is 0 Å². The van der Waals surface area contributed by atoms with Gasteiger partial charge in [-0.05, 0) is 36.4 Å². The van der Waals surface area contributed by atoms with Crippen LogP contribution in [0.1, 0.15) is 0 Å². The van der Waals surface area contributed by atoms with E-state index in [4.69, 9.17) is 24.7 Å². The molecule has 0 fully saturated rings. The lowest BCUT2D eigenvalue weighted by molar-refractivity contribution is -0.143. The molecule has 0 amide bonds. The molecule has 0 heterocycles. The van der Waals surface area contributed by atoms with Crippen molar-refractivity contribution in [1.82, 2.24) is 0 Å². The highest BCUT2D eigenvalue weighted by Crippen LogP contribution is 2.54. The molecule has 35 heavy (non-hydrogen) atoms. The van der Waals surface area contributed by atoms with E-state index in [0.29, 0.717) is 39.6 Å². The van der Waals surface area contributed by atoms with E-state index in [9.17, 15) is 4.79 Å². The Kier molecular flexibility index (Phi) is 11.9. The summed E-state index contributed by atoms with van der Waals surface area (Å²) < 4.78 is 21.8. The lowest BCUT2D eigenvalue weighted by Gasteiger charge is -2.27. The molecule has 0 radical (unpaired) electrons. The SMILES string of the molecule is NCC(=O)OCCOCCOCCOCC[P+](c1ccccc1)(c1ccccc1)c1ccccc1. The average molecular weight is 497 g/mol. The van der Waals surface area contributed by atoms with E-state index < -0.39 is 13.2 Å². The van der Waals surface area contributed by atoms with Crippen LogP contribution in [0.25, 0.3) is 0 Å². The summed E-state index contributed by atoms with van der Waals surface area (Å²) in [4.78, 5) is 10.9. The van der Waals surface area contributed by atoms with Gasteiger partial charge in [-0.15, -0.1) is 0 Å². The summed E-state index contributed by atoms with van der Waals surface area (Å²) in [5, 5.41) is 4.06. The molecule has 0 saturated carbocycles. The maximum Gasteiger partial charge on any atom is 0.319 e. The van der Waals surface area contributed by atoms with Crippen molar-refractivity contribution in [2.45, 2.75) is 0 Å². The Bertz CT molecular complexity index is 876. The maximum absolute atomic E-state index is 10.9. The van der Waals surface area contributed by atoms with E-state index in [2.05, 4.69) is 91.0 Å². The Balaban J connectivity index is 1.51. The summed E-state index contributed by atoms with van der Waals surface area (Å²) in [6, 6.07) is 32.4. The molecule has 0 atom stereocenters. The predicted molar refractivity (Wildman–Crippen MR) is 142 cm³/mol. The number of esters is 1. The van der Waals surface area contributed by atoms with Crippen LogP contribution in [-0.4, -0.2) is 64.9 Å². The van der Waals surface area contributed by atoms with E-state index in [0.717, 1.165) is 6.16 Å². The number of ether oxygens (including phenoxy) is 4. The highest BCUT2D eigenvalue weighted by atomic mass is 31.2. The third-order valence-corrected chi connectivity index (χ3v) is 9.96. The van der Waals surface area contributed by atoms with Crippen LogP contribution in [0, 0.1) is 0 Å². The Labute approximate surface area is 208 Å². The normalized spacial score (nSPS) is 11.3. The first-order valence-electron chi connectivity index (χ1n) is 11.9. The van der Waals surface area contributed by atoms with Crippen LogP contribution < -0.4 is 21.6 Å². The molecule has 0 spiro atoms. The molecule has 0 bridgehead atoms. The standard InChI is InChI=1S/C28H35NO5P/c29-24-28(30)34-21-20-32-17-16-31-18-19-33-22-23-35(25-10-4-1-5-11-25,26-12-6-2-7-13-26)27-14-8-3-9-15-27/h1-15H,16-24,29H2/q+1. The minimum absolute atomic E-state index is 0.117. The molecule has 0 aliphatic rings. The second-order valence-corrected chi connectivity index (χ2v) is 11.4. The van der Waals surface area contributed by atoms with Crippen LogP contribution in [-0.2, 0) is 23.7 Å². The molecule has 0 aliphatic heterocycles. The van der Waals surface area contributed by atoms with Gasteiger partial charge in [-0.2, -0.15) is 0 Å². The molecule has 186 valence electrons. The molecule has 7 heteroatoms. The highest BCUT2D eigenvalue weighted by Gasteiger charge is 2.44. The molecule has 6 nitrogen and oxygen atoms in total. The van der Waals surface area contributed by atoms with E-state index in [-0.39, 0.29) is 13.2 Å². The first-order valence-corrected chi connectivity index (χ1v) is 13.9. The first-order chi connectivity index (χ1) is 17.3. The fourth-order valence-corrected chi connectivity index (χ4v) is 8.01. The molecular formula is C28H35NO5P+. The summed E-state index contributed by atoms with van der Waals surface area (Å²) in [6.07, 6.45) is 0.912. The van der Waals surface area contributed by atoms with Crippen molar-refractivity contribution < 1.29 is 23.7 Å². The Morgan fingerprint density at radius 2 is 0.943 bits per heavy atom. The van der Waals surface area contributed by atoms with Gasteiger partial charge < -0.3 is 24.7 Å². The first kappa shape index (κ1) is 27.0. The summed E-state index contributed by atoms with van der Waals surface area (Å²) in [7, 11) is -1.87. The quantitative estimate of drug-likeness (QED) is 0.187. The van der Waals surface area contributed by atoms with Gasteiger partial charge in [0.2, 0.25) is 0 Å². The largest absolute Gasteiger partial charge is 0.462 e. The van der Waals surface area contributed by atoms with Crippen LogP contribution in [0.2, 0.25) is 0 Å². The smallest absolute Gasteiger partial charge is 0.319 e. The molecule has 3 aromatic rings. The number of hydrogen-bond acceptors (Lipinski definition) is 6. The molecular weight excluding hydrogens is 461 g/mol. The van der Waals surface area contributed by atoms with Crippen LogP contribution in [0.4, 0.5) is 0 Å². The van der Waals surface area contributed by atoms with Crippen molar-refractivity contribution in [3.63, 3.8) is 0 Å². The van der Waals surface area contributed by atoms with Gasteiger partial charge in [0.1, 0.15) is 29.8 Å². The highest BCUT2D eigenvalue weighted by molar-refractivity contribution is 7.95. The molecule has 0 aromatic heterocycles. The summed E-state index contributed by atoms with van der Waals surface area (Å²) >= 11 is 0. The van der Waals surface area contributed by atoms with Gasteiger partial charge in [0.25, 0.3) is 0 Å². The van der Waals surface area contributed by atoms with E-state index >= 15 is 0 Å². The summed E-state index contributed by atoms with van der Waals surface area (Å²) in [5.74, 6) is -0.430. The molecule has 0 unspecified atom stereocenters. The Hall–Kier alpha value is -2.60. The van der Waals surface area contributed by atoms with Gasteiger partial charge in [-0.25, -0.2) is 0 Å². The van der Waals surface area contributed by atoms with Crippen molar-refractivity contribution in [3.8, 4) is 0 Å². The number of carbonyl (C=O) groups excluding carboxylic acids is 1. The number of hydrogen-bond donors (Lipinski definition) is 1. The zero-order chi connectivity index (χ0) is 24.6. The molecule has 2 N–H and O–H groups in total. The molecule has 3 aromatic carbocycles.